The molecule has 0 saturated heterocycles. The van der Waals surface area contributed by atoms with Crippen molar-refractivity contribution < 1.29 is 9.47 Å². The van der Waals surface area contributed by atoms with Gasteiger partial charge >= 0.3 is 0 Å². The molecule has 1 N–H and O–H groups in total. The first-order chi connectivity index (χ1) is 14.7. The third kappa shape index (κ3) is 4.18. The van der Waals surface area contributed by atoms with E-state index in [4.69, 9.17) is 19.7 Å². The van der Waals surface area contributed by atoms with Crippen molar-refractivity contribution in [2.24, 2.45) is 0 Å². The van der Waals surface area contributed by atoms with E-state index in [1.54, 1.807) is 32.5 Å². The molecule has 7 nitrogen and oxygen atoms in total. The summed E-state index contributed by atoms with van der Waals surface area (Å²) in [7, 11) is 3.21. The second-order valence-electron chi connectivity index (χ2n) is 6.00. The highest BCUT2D eigenvalue weighted by Crippen LogP contribution is 2.32. The lowest BCUT2D eigenvalue weighted by molar-refractivity contribution is 0.355. The molecule has 2 aromatic carbocycles. The molecule has 0 amide bonds. The highest BCUT2D eigenvalue weighted by Gasteiger charge is 2.12. The van der Waals surface area contributed by atoms with Gasteiger partial charge in [-0.15, -0.1) is 0 Å². The van der Waals surface area contributed by atoms with Crippen LogP contribution in [-0.2, 0) is 0 Å². The van der Waals surface area contributed by atoms with Crippen LogP contribution < -0.4 is 14.8 Å². The van der Waals surface area contributed by atoms with E-state index in [2.05, 4.69) is 16.4 Å². The smallest absolute Gasteiger partial charge is 0.213 e. The van der Waals surface area contributed by atoms with E-state index in [0.29, 0.717) is 23.0 Å². The molecule has 0 radical (unpaired) electrons. The van der Waals surface area contributed by atoms with Crippen molar-refractivity contribution in [2.75, 3.05) is 19.5 Å². The molecule has 0 fully saturated rings. The third-order valence-corrected chi connectivity index (χ3v) is 4.34. The van der Waals surface area contributed by atoms with E-state index in [1.807, 2.05) is 60.8 Å². The number of nitrogens with zero attached hydrogens (tertiary/aromatic N) is 4. The number of ether oxygens (including phenoxy) is 2. The fraction of sp³-hybridized carbons (Fsp3) is 0.174. The summed E-state index contributed by atoms with van der Waals surface area (Å²) in [4.78, 5) is 9.16. The molecule has 0 saturated carbocycles. The van der Waals surface area contributed by atoms with Crippen LogP contribution in [0.2, 0.25) is 0 Å². The summed E-state index contributed by atoms with van der Waals surface area (Å²) in [5, 5.41) is 12.3. The second-order valence-corrected chi connectivity index (χ2v) is 6.00. The van der Waals surface area contributed by atoms with Gasteiger partial charge in [-0.1, -0.05) is 13.8 Å². The highest BCUT2D eigenvalue weighted by molar-refractivity contribution is 5.70. The van der Waals surface area contributed by atoms with Crippen LogP contribution in [0.1, 0.15) is 19.4 Å². The Morgan fingerprint density at radius 2 is 1.70 bits per heavy atom. The molecule has 0 spiro atoms. The second kappa shape index (κ2) is 9.43. The number of anilines is 2. The Hall–Kier alpha value is -4.05. The molecule has 2 heterocycles. The van der Waals surface area contributed by atoms with Crippen molar-refractivity contribution in [1.29, 1.82) is 5.26 Å². The monoisotopic (exact) mass is 401 g/mol. The topological polar surface area (TPSA) is 84.5 Å². The maximum absolute atomic E-state index is 8.96. The van der Waals surface area contributed by atoms with Crippen molar-refractivity contribution in [3.8, 4) is 28.8 Å². The SMILES string of the molecule is CC.COc1ccc(-c2cc3nccn3c(Nc3ccc(C#N)cc3)n2)cc1OC. The summed E-state index contributed by atoms with van der Waals surface area (Å²) in [5.41, 5.74) is 3.81. The predicted molar refractivity (Wildman–Crippen MR) is 117 cm³/mol. The lowest BCUT2D eigenvalue weighted by Crippen LogP contribution is -2.02. The summed E-state index contributed by atoms with van der Waals surface area (Å²) < 4.78 is 12.6. The van der Waals surface area contributed by atoms with E-state index in [-0.39, 0.29) is 0 Å². The molecule has 0 unspecified atom stereocenters. The zero-order valence-electron chi connectivity index (χ0n) is 17.4. The van der Waals surface area contributed by atoms with Crippen LogP contribution >= 0.6 is 0 Å². The van der Waals surface area contributed by atoms with Crippen molar-refractivity contribution in [1.82, 2.24) is 14.4 Å². The molecule has 30 heavy (non-hydrogen) atoms. The van der Waals surface area contributed by atoms with E-state index >= 15 is 0 Å². The highest BCUT2D eigenvalue weighted by atomic mass is 16.5. The summed E-state index contributed by atoms with van der Waals surface area (Å²) >= 11 is 0. The number of hydrogen-bond acceptors (Lipinski definition) is 6. The number of imidazole rings is 1. The standard InChI is InChI=1S/C21H17N5O2.C2H6/c1-27-18-8-5-15(11-19(18)28-2)17-12-20-23-9-10-26(20)21(25-17)24-16-6-3-14(13-22)4-7-16;1-2/h3-12H,1-2H3,(H,24,25);1-2H3. The number of aromatic nitrogens is 3. The van der Waals surface area contributed by atoms with Crippen molar-refractivity contribution >= 4 is 17.3 Å². The summed E-state index contributed by atoms with van der Waals surface area (Å²) in [6.07, 6.45) is 3.56. The average Bonchev–Trinajstić information content (AvgIpc) is 3.29. The van der Waals surface area contributed by atoms with Crippen LogP contribution in [-0.4, -0.2) is 28.6 Å². The molecular formula is C23H23N5O2. The first-order valence-electron chi connectivity index (χ1n) is 9.55. The van der Waals surface area contributed by atoms with Crippen LogP contribution in [0.5, 0.6) is 11.5 Å². The molecule has 4 rings (SSSR count). The van der Waals surface area contributed by atoms with Crippen molar-refractivity contribution in [2.45, 2.75) is 13.8 Å². The molecule has 0 aliphatic rings. The number of hydrogen-bond donors (Lipinski definition) is 1. The van der Waals surface area contributed by atoms with Gasteiger partial charge in [-0.25, -0.2) is 9.97 Å². The van der Waals surface area contributed by atoms with Gasteiger partial charge in [-0.3, -0.25) is 4.40 Å². The molecule has 0 aliphatic carbocycles. The normalized spacial score (nSPS) is 9.97. The van der Waals surface area contributed by atoms with Gasteiger partial charge in [0.05, 0.1) is 31.5 Å². The molecule has 4 aromatic rings. The fourth-order valence-corrected chi connectivity index (χ4v) is 2.91. The Morgan fingerprint density at radius 3 is 2.37 bits per heavy atom. The molecule has 0 aliphatic heterocycles. The van der Waals surface area contributed by atoms with Crippen molar-refractivity contribution in [3.63, 3.8) is 0 Å². The Bertz CT molecular complexity index is 1180. The minimum absolute atomic E-state index is 0.602. The van der Waals surface area contributed by atoms with Crippen molar-refractivity contribution in [3.05, 3.63) is 66.5 Å². The van der Waals surface area contributed by atoms with E-state index in [0.717, 1.165) is 22.6 Å². The number of nitrogens with one attached hydrogen (secondary N) is 1. The third-order valence-electron chi connectivity index (χ3n) is 4.34. The largest absolute Gasteiger partial charge is 0.493 e. The maximum Gasteiger partial charge on any atom is 0.213 e. The minimum Gasteiger partial charge on any atom is -0.493 e. The lowest BCUT2D eigenvalue weighted by Gasteiger charge is -2.12. The van der Waals surface area contributed by atoms with Gasteiger partial charge in [0.15, 0.2) is 11.5 Å². The van der Waals surface area contributed by atoms with Crippen LogP contribution in [0, 0.1) is 11.3 Å². The van der Waals surface area contributed by atoms with Gasteiger partial charge in [0, 0.05) is 29.7 Å². The Balaban J connectivity index is 0.00000124. The van der Waals surface area contributed by atoms with E-state index in [9.17, 15) is 0 Å². The molecular weight excluding hydrogens is 378 g/mol. The first-order valence-corrected chi connectivity index (χ1v) is 9.55. The summed E-state index contributed by atoms with van der Waals surface area (Å²) in [5.74, 6) is 1.90. The van der Waals surface area contributed by atoms with Gasteiger partial charge in [0.1, 0.15) is 5.65 Å². The predicted octanol–water partition coefficient (Wildman–Crippen LogP) is 5.05. The molecule has 0 bridgehead atoms. The number of fused-ring (bicyclic) bond motifs is 1. The minimum atomic E-state index is 0.602. The number of rotatable bonds is 5. The quantitative estimate of drug-likeness (QED) is 0.503. The summed E-state index contributed by atoms with van der Waals surface area (Å²) in [6, 6.07) is 16.9. The Morgan fingerprint density at radius 1 is 0.967 bits per heavy atom. The van der Waals surface area contributed by atoms with Crippen LogP contribution in [0.15, 0.2) is 60.9 Å². The zero-order chi connectivity index (χ0) is 21.5. The molecule has 0 atom stereocenters. The van der Waals surface area contributed by atoms with Gasteiger partial charge in [-0.05, 0) is 42.5 Å². The molecule has 7 heteroatoms. The molecule has 152 valence electrons. The van der Waals surface area contributed by atoms with Gasteiger partial charge in [0.25, 0.3) is 0 Å². The maximum atomic E-state index is 8.96. The zero-order valence-corrected chi connectivity index (χ0v) is 17.4. The first kappa shape index (κ1) is 20.7. The van der Waals surface area contributed by atoms with E-state index < -0.39 is 0 Å². The van der Waals surface area contributed by atoms with Crippen LogP contribution in [0.25, 0.3) is 16.9 Å². The Labute approximate surface area is 175 Å². The average molecular weight is 401 g/mol. The van der Waals surface area contributed by atoms with E-state index in [1.165, 1.54) is 0 Å². The Kier molecular flexibility index (Phi) is 6.50. The number of nitriles is 1. The number of methoxy groups -OCH3 is 2. The van der Waals surface area contributed by atoms with Crippen LogP contribution in [0.4, 0.5) is 11.6 Å². The summed E-state index contributed by atoms with van der Waals surface area (Å²) in [6.45, 7) is 4.00. The molecule has 2 aromatic heterocycles. The fourth-order valence-electron chi connectivity index (χ4n) is 2.91. The van der Waals surface area contributed by atoms with Crippen LogP contribution in [0.3, 0.4) is 0 Å². The lowest BCUT2D eigenvalue weighted by atomic mass is 10.1. The number of benzene rings is 2. The van der Waals surface area contributed by atoms with Gasteiger partial charge in [0.2, 0.25) is 5.95 Å². The van der Waals surface area contributed by atoms with Gasteiger partial charge in [-0.2, -0.15) is 5.26 Å². The van der Waals surface area contributed by atoms with Gasteiger partial charge < -0.3 is 14.8 Å².